The van der Waals surface area contributed by atoms with Crippen molar-refractivity contribution < 1.29 is 0 Å². The van der Waals surface area contributed by atoms with Gasteiger partial charge in [0.1, 0.15) is 18.0 Å². The molecular weight excluding hydrogens is 240 g/mol. The molecule has 0 unspecified atom stereocenters. The Morgan fingerprint density at radius 3 is 2.63 bits per heavy atom. The van der Waals surface area contributed by atoms with Gasteiger partial charge in [-0.15, -0.1) is 0 Å². The standard InChI is InChI=1S/C13H18N6/c14-5-3-7-16-12-8-13(19-10-18-12)17-9-11-4-1-2-6-15-11/h1-2,4,6,8,10H,3,5,7,9,14H2,(H2,16,17,18,19). The summed E-state index contributed by atoms with van der Waals surface area (Å²) < 4.78 is 0. The third kappa shape index (κ3) is 4.51. The van der Waals surface area contributed by atoms with Crippen LogP contribution in [0, 0.1) is 0 Å². The molecule has 0 saturated heterocycles. The molecule has 2 rings (SSSR count). The van der Waals surface area contributed by atoms with E-state index < -0.39 is 0 Å². The fourth-order valence-corrected chi connectivity index (χ4v) is 1.55. The van der Waals surface area contributed by atoms with E-state index in [2.05, 4.69) is 25.6 Å². The van der Waals surface area contributed by atoms with Gasteiger partial charge >= 0.3 is 0 Å². The van der Waals surface area contributed by atoms with Crippen molar-refractivity contribution in [3.05, 3.63) is 42.5 Å². The molecule has 0 saturated carbocycles. The first-order chi connectivity index (χ1) is 9.38. The summed E-state index contributed by atoms with van der Waals surface area (Å²) in [6.07, 6.45) is 4.23. The van der Waals surface area contributed by atoms with Crippen LogP contribution < -0.4 is 16.4 Å². The quantitative estimate of drug-likeness (QED) is 0.648. The number of pyridine rings is 1. The van der Waals surface area contributed by atoms with E-state index >= 15 is 0 Å². The fraction of sp³-hybridized carbons (Fsp3) is 0.308. The highest BCUT2D eigenvalue weighted by atomic mass is 15.1. The van der Waals surface area contributed by atoms with Crippen LogP contribution in [0.15, 0.2) is 36.8 Å². The zero-order valence-corrected chi connectivity index (χ0v) is 10.7. The van der Waals surface area contributed by atoms with Gasteiger partial charge < -0.3 is 16.4 Å². The van der Waals surface area contributed by atoms with E-state index in [0.717, 1.165) is 30.3 Å². The molecule has 0 aliphatic heterocycles. The van der Waals surface area contributed by atoms with E-state index in [9.17, 15) is 0 Å². The Balaban J connectivity index is 1.88. The van der Waals surface area contributed by atoms with Gasteiger partial charge in [0, 0.05) is 18.8 Å². The molecule has 19 heavy (non-hydrogen) atoms. The number of rotatable bonds is 7. The van der Waals surface area contributed by atoms with Crippen molar-refractivity contribution in [2.24, 2.45) is 5.73 Å². The molecule has 6 heteroatoms. The second-order valence-corrected chi connectivity index (χ2v) is 4.03. The van der Waals surface area contributed by atoms with E-state index in [1.54, 1.807) is 6.20 Å². The minimum atomic E-state index is 0.639. The Bertz CT molecular complexity index is 488. The Morgan fingerprint density at radius 2 is 1.89 bits per heavy atom. The van der Waals surface area contributed by atoms with E-state index in [-0.39, 0.29) is 0 Å². The van der Waals surface area contributed by atoms with Gasteiger partial charge in [0.25, 0.3) is 0 Å². The molecule has 0 fully saturated rings. The minimum Gasteiger partial charge on any atom is -0.370 e. The number of nitrogens with two attached hydrogens (primary N) is 1. The first-order valence-electron chi connectivity index (χ1n) is 6.28. The van der Waals surface area contributed by atoms with Crippen molar-refractivity contribution in [2.75, 3.05) is 23.7 Å². The van der Waals surface area contributed by atoms with Crippen LogP contribution in [0.4, 0.5) is 11.6 Å². The highest BCUT2D eigenvalue weighted by Crippen LogP contribution is 2.09. The summed E-state index contributed by atoms with van der Waals surface area (Å²) >= 11 is 0. The van der Waals surface area contributed by atoms with Crippen molar-refractivity contribution in [3.8, 4) is 0 Å². The maximum Gasteiger partial charge on any atom is 0.131 e. The van der Waals surface area contributed by atoms with Crippen molar-refractivity contribution >= 4 is 11.6 Å². The molecule has 0 aliphatic carbocycles. The first kappa shape index (κ1) is 13.2. The molecule has 6 nitrogen and oxygen atoms in total. The van der Waals surface area contributed by atoms with E-state index in [0.29, 0.717) is 13.1 Å². The molecule has 100 valence electrons. The third-order valence-electron chi connectivity index (χ3n) is 2.53. The number of hydrogen-bond donors (Lipinski definition) is 3. The van der Waals surface area contributed by atoms with Crippen molar-refractivity contribution in [1.29, 1.82) is 0 Å². The molecule has 4 N–H and O–H groups in total. The Hall–Kier alpha value is -2.21. The zero-order chi connectivity index (χ0) is 13.3. The molecule has 2 aromatic heterocycles. The number of hydrogen-bond acceptors (Lipinski definition) is 6. The lowest BCUT2D eigenvalue weighted by Gasteiger charge is -2.08. The molecule has 0 radical (unpaired) electrons. The second kappa shape index (κ2) is 7.27. The van der Waals surface area contributed by atoms with Crippen LogP contribution in [-0.2, 0) is 6.54 Å². The zero-order valence-electron chi connectivity index (χ0n) is 10.7. The van der Waals surface area contributed by atoms with Crippen molar-refractivity contribution in [1.82, 2.24) is 15.0 Å². The number of nitrogens with zero attached hydrogens (tertiary/aromatic N) is 3. The lowest BCUT2D eigenvalue weighted by atomic mass is 10.3. The van der Waals surface area contributed by atoms with Gasteiger partial charge in [-0.05, 0) is 25.1 Å². The van der Waals surface area contributed by atoms with Crippen LogP contribution in [-0.4, -0.2) is 28.0 Å². The minimum absolute atomic E-state index is 0.639. The van der Waals surface area contributed by atoms with Crippen LogP contribution in [0.5, 0.6) is 0 Å². The average Bonchev–Trinajstić information content (AvgIpc) is 2.47. The number of nitrogens with one attached hydrogen (secondary N) is 2. The van der Waals surface area contributed by atoms with Gasteiger partial charge in [-0.25, -0.2) is 9.97 Å². The maximum atomic E-state index is 5.44. The Morgan fingerprint density at radius 1 is 1.05 bits per heavy atom. The monoisotopic (exact) mass is 258 g/mol. The van der Waals surface area contributed by atoms with Crippen LogP contribution in [0.1, 0.15) is 12.1 Å². The van der Waals surface area contributed by atoms with Gasteiger partial charge in [-0.2, -0.15) is 0 Å². The molecule has 2 aromatic rings. The summed E-state index contributed by atoms with van der Waals surface area (Å²) in [7, 11) is 0. The van der Waals surface area contributed by atoms with E-state index in [4.69, 9.17) is 5.73 Å². The summed E-state index contributed by atoms with van der Waals surface area (Å²) in [5.41, 5.74) is 6.41. The topological polar surface area (TPSA) is 88.8 Å². The molecule has 0 aromatic carbocycles. The average molecular weight is 258 g/mol. The normalized spacial score (nSPS) is 10.2. The smallest absolute Gasteiger partial charge is 0.131 e. The SMILES string of the molecule is NCCCNc1cc(NCc2ccccn2)ncn1. The van der Waals surface area contributed by atoms with Gasteiger partial charge in [0.15, 0.2) is 0 Å². The molecule has 0 aliphatic rings. The van der Waals surface area contributed by atoms with Crippen LogP contribution in [0.3, 0.4) is 0 Å². The lowest BCUT2D eigenvalue weighted by molar-refractivity contribution is 0.869. The first-order valence-corrected chi connectivity index (χ1v) is 6.28. The molecule has 2 heterocycles. The predicted molar refractivity (Wildman–Crippen MR) is 75.8 cm³/mol. The largest absolute Gasteiger partial charge is 0.370 e. The third-order valence-corrected chi connectivity index (χ3v) is 2.53. The summed E-state index contributed by atoms with van der Waals surface area (Å²) in [4.78, 5) is 12.6. The Labute approximate surface area is 112 Å². The molecule has 0 atom stereocenters. The number of anilines is 2. The highest BCUT2D eigenvalue weighted by molar-refractivity contribution is 5.46. The fourth-order valence-electron chi connectivity index (χ4n) is 1.55. The molecule has 0 amide bonds. The highest BCUT2D eigenvalue weighted by Gasteiger charge is 1.99. The van der Waals surface area contributed by atoms with Crippen LogP contribution in [0.25, 0.3) is 0 Å². The van der Waals surface area contributed by atoms with Gasteiger partial charge in [-0.1, -0.05) is 6.07 Å². The van der Waals surface area contributed by atoms with E-state index in [1.165, 1.54) is 6.33 Å². The number of aromatic nitrogens is 3. The van der Waals surface area contributed by atoms with Gasteiger partial charge in [-0.3, -0.25) is 4.98 Å². The van der Waals surface area contributed by atoms with Gasteiger partial charge in [0.05, 0.1) is 12.2 Å². The summed E-state index contributed by atoms with van der Waals surface area (Å²) in [5, 5.41) is 6.41. The Kier molecular flexibility index (Phi) is 5.06. The lowest BCUT2D eigenvalue weighted by Crippen LogP contribution is -2.10. The van der Waals surface area contributed by atoms with Crippen LogP contribution in [0.2, 0.25) is 0 Å². The summed E-state index contributed by atoms with van der Waals surface area (Å²) in [6.45, 7) is 2.12. The van der Waals surface area contributed by atoms with Gasteiger partial charge in [0.2, 0.25) is 0 Å². The molecular formula is C13H18N6. The predicted octanol–water partition coefficient (Wildman–Crippen LogP) is 1.24. The summed E-state index contributed by atoms with van der Waals surface area (Å²) in [5.74, 6) is 1.57. The van der Waals surface area contributed by atoms with Crippen molar-refractivity contribution in [3.63, 3.8) is 0 Å². The van der Waals surface area contributed by atoms with Crippen LogP contribution >= 0.6 is 0 Å². The van der Waals surface area contributed by atoms with Crippen molar-refractivity contribution in [2.45, 2.75) is 13.0 Å². The summed E-state index contributed by atoms with van der Waals surface area (Å²) in [6, 6.07) is 7.70. The second-order valence-electron chi connectivity index (χ2n) is 4.03. The van der Waals surface area contributed by atoms with E-state index in [1.807, 2.05) is 24.3 Å². The maximum absolute atomic E-state index is 5.44. The molecule has 0 bridgehead atoms. The molecule has 0 spiro atoms.